The van der Waals surface area contributed by atoms with Crippen LogP contribution in [0.5, 0.6) is 0 Å². The van der Waals surface area contributed by atoms with Gasteiger partial charge >= 0.3 is 0 Å². The Morgan fingerprint density at radius 3 is 1.41 bits per heavy atom. The van der Waals surface area contributed by atoms with Crippen molar-refractivity contribution in [2.75, 3.05) is 4.90 Å². The molecule has 0 fully saturated rings. The number of hydrogen-bond acceptors (Lipinski definition) is 1. The maximum absolute atomic E-state index is 2.44. The van der Waals surface area contributed by atoms with E-state index in [4.69, 9.17) is 0 Å². The molecule has 0 saturated heterocycles. The van der Waals surface area contributed by atoms with Crippen LogP contribution in [-0.4, -0.2) is 0 Å². The molecule has 7 aromatic carbocycles. The minimum Gasteiger partial charge on any atom is -0.310 e. The fraction of sp³-hybridized carbons (Fsp3) is 0.0667. The first-order chi connectivity index (χ1) is 22.6. The van der Waals surface area contributed by atoms with Gasteiger partial charge in [-0.3, -0.25) is 0 Å². The van der Waals surface area contributed by atoms with Gasteiger partial charge in [-0.05, 0) is 92.0 Å². The van der Waals surface area contributed by atoms with E-state index in [-0.39, 0.29) is 5.41 Å². The van der Waals surface area contributed by atoms with Gasteiger partial charge in [-0.25, -0.2) is 0 Å². The van der Waals surface area contributed by atoms with E-state index in [1.807, 2.05) is 0 Å². The van der Waals surface area contributed by atoms with Gasteiger partial charge in [-0.2, -0.15) is 0 Å². The normalized spacial score (nSPS) is 12.7. The third kappa shape index (κ3) is 4.82. The first-order valence-electron chi connectivity index (χ1n) is 16.0. The smallest absolute Gasteiger partial charge is 0.0508 e. The van der Waals surface area contributed by atoms with Crippen LogP contribution < -0.4 is 4.90 Å². The Morgan fingerprint density at radius 2 is 0.804 bits per heavy atom. The fourth-order valence-corrected chi connectivity index (χ4v) is 7.18. The zero-order valence-corrected chi connectivity index (χ0v) is 26.2. The molecule has 7 aromatic rings. The van der Waals surface area contributed by atoms with Gasteiger partial charge in [0, 0.05) is 16.8 Å². The molecule has 0 heterocycles. The highest BCUT2D eigenvalue weighted by molar-refractivity contribution is 5.91. The molecule has 46 heavy (non-hydrogen) atoms. The van der Waals surface area contributed by atoms with Crippen molar-refractivity contribution in [3.8, 4) is 44.5 Å². The van der Waals surface area contributed by atoms with Gasteiger partial charge in [0.05, 0.1) is 5.69 Å². The van der Waals surface area contributed by atoms with Crippen molar-refractivity contribution in [1.29, 1.82) is 0 Å². The summed E-state index contributed by atoms with van der Waals surface area (Å²) in [6.07, 6.45) is 0. The number of benzene rings is 7. The molecule has 0 atom stereocenters. The molecule has 0 aliphatic heterocycles. The average Bonchev–Trinajstić information content (AvgIpc) is 3.36. The maximum Gasteiger partial charge on any atom is 0.0508 e. The number of fused-ring (bicyclic) bond motifs is 3. The molecule has 0 saturated carbocycles. The molecule has 0 amide bonds. The molecule has 0 bridgehead atoms. The predicted molar refractivity (Wildman–Crippen MR) is 195 cm³/mol. The largest absolute Gasteiger partial charge is 0.310 e. The lowest BCUT2D eigenvalue weighted by Gasteiger charge is -2.32. The van der Waals surface area contributed by atoms with E-state index in [9.17, 15) is 0 Å². The van der Waals surface area contributed by atoms with E-state index in [0.717, 1.165) is 11.4 Å². The van der Waals surface area contributed by atoms with Crippen LogP contribution in [0, 0.1) is 0 Å². The summed E-state index contributed by atoms with van der Waals surface area (Å²) in [5.41, 5.74) is 16.0. The maximum atomic E-state index is 2.44. The van der Waals surface area contributed by atoms with Gasteiger partial charge in [0.15, 0.2) is 0 Å². The van der Waals surface area contributed by atoms with Crippen LogP contribution in [0.15, 0.2) is 176 Å². The molecule has 1 nitrogen and oxygen atoms in total. The molecular weight excluding hydrogens is 555 g/mol. The van der Waals surface area contributed by atoms with Gasteiger partial charge in [-0.1, -0.05) is 153 Å². The van der Waals surface area contributed by atoms with Crippen LogP contribution in [-0.2, 0) is 5.41 Å². The van der Waals surface area contributed by atoms with Crippen LogP contribution in [0.2, 0.25) is 0 Å². The highest BCUT2D eigenvalue weighted by atomic mass is 15.1. The first-order valence-corrected chi connectivity index (χ1v) is 16.0. The van der Waals surface area contributed by atoms with E-state index in [1.54, 1.807) is 0 Å². The van der Waals surface area contributed by atoms with Crippen LogP contribution in [0.3, 0.4) is 0 Å². The van der Waals surface area contributed by atoms with Crippen LogP contribution in [0.4, 0.5) is 17.1 Å². The van der Waals surface area contributed by atoms with E-state index < -0.39 is 0 Å². The number of hydrogen-bond donors (Lipinski definition) is 0. The van der Waals surface area contributed by atoms with E-state index in [2.05, 4.69) is 195 Å². The summed E-state index contributed by atoms with van der Waals surface area (Å²) in [6.45, 7) is 4.72. The second-order valence-electron chi connectivity index (χ2n) is 12.6. The Hall–Kier alpha value is -5.66. The van der Waals surface area contributed by atoms with Crippen molar-refractivity contribution in [1.82, 2.24) is 0 Å². The van der Waals surface area contributed by atoms with Crippen molar-refractivity contribution in [3.05, 3.63) is 187 Å². The van der Waals surface area contributed by atoms with E-state index >= 15 is 0 Å². The second-order valence-corrected chi connectivity index (χ2v) is 12.6. The molecule has 220 valence electrons. The molecule has 0 aromatic heterocycles. The number of rotatable bonds is 6. The number of anilines is 3. The van der Waals surface area contributed by atoms with Crippen LogP contribution in [0.1, 0.15) is 25.0 Å². The zero-order chi connectivity index (χ0) is 31.1. The minimum absolute atomic E-state index is 0.136. The van der Waals surface area contributed by atoms with Gasteiger partial charge in [0.2, 0.25) is 0 Å². The zero-order valence-electron chi connectivity index (χ0n) is 26.2. The van der Waals surface area contributed by atoms with Gasteiger partial charge in [-0.15, -0.1) is 0 Å². The molecule has 0 N–H and O–H groups in total. The molecule has 1 aliphatic rings. The predicted octanol–water partition coefficient (Wildman–Crippen LogP) is 12.5. The molecule has 8 rings (SSSR count). The van der Waals surface area contributed by atoms with Crippen molar-refractivity contribution >= 4 is 17.1 Å². The van der Waals surface area contributed by atoms with Crippen molar-refractivity contribution in [2.24, 2.45) is 0 Å². The average molecular weight is 590 g/mol. The Kier molecular flexibility index (Phi) is 6.88. The summed E-state index contributed by atoms with van der Waals surface area (Å²) in [6, 6.07) is 63.7. The summed E-state index contributed by atoms with van der Waals surface area (Å²) in [4.78, 5) is 2.44. The highest BCUT2D eigenvalue weighted by Gasteiger charge is 2.38. The summed E-state index contributed by atoms with van der Waals surface area (Å²) < 4.78 is 0. The summed E-state index contributed by atoms with van der Waals surface area (Å²) in [7, 11) is 0. The summed E-state index contributed by atoms with van der Waals surface area (Å²) in [5.74, 6) is 0. The Bertz CT molecular complexity index is 2140. The van der Waals surface area contributed by atoms with Crippen molar-refractivity contribution in [2.45, 2.75) is 19.3 Å². The van der Waals surface area contributed by atoms with Crippen LogP contribution in [0.25, 0.3) is 44.5 Å². The third-order valence-corrected chi connectivity index (χ3v) is 9.46. The summed E-state index contributed by atoms with van der Waals surface area (Å²) in [5, 5.41) is 0. The Labute approximate surface area is 272 Å². The molecule has 0 unspecified atom stereocenters. The van der Waals surface area contributed by atoms with Crippen molar-refractivity contribution in [3.63, 3.8) is 0 Å². The molecule has 1 heteroatoms. The lowest BCUT2D eigenvalue weighted by molar-refractivity contribution is 0.661. The standard InChI is InChI=1S/C45H35N/c1-45(2)42-21-10-9-19-40(42)41-20-12-22-43(44(41)45)46(38-27-23-34(24-28-38)32-13-5-3-6-14-32)39-29-25-35(26-30-39)37-18-11-17-36(31-37)33-15-7-4-8-16-33/h3-31H,1-2H3. The molecule has 0 radical (unpaired) electrons. The van der Waals surface area contributed by atoms with Gasteiger partial charge < -0.3 is 4.90 Å². The van der Waals surface area contributed by atoms with Crippen molar-refractivity contribution < 1.29 is 0 Å². The van der Waals surface area contributed by atoms with Gasteiger partial charge in [0.25, 0.3) is 0 Å². The quantitative estimate of drug-likeness (QED) is 0.186. The Morgan fingerprint density at radius 1 is 0.370 bits per heavy atom. The number of nitrogens with zero attached hydrogens (tertiary/aromatic N) is 1. The second kappa shape index (κ2) is 11.4. The molecular formula is C45H35N. The highest BCUT2D eigenvalue weighted by Crippen LogP contribution is 2.54. The minimum atomic E-state index is -0.136. The fourth-order valence-electron chi connectivity index (χ4n) is 7.18. The lowest BCUT2D eigenvalue weighted by atomic mass is 9.81. The Balaban J connectivity index is 1.24. The van der Waals surface area contributed by atoms with Crippen LogP contribution >= 0.6 is 0 Å². The third-order valence-electron chi connectivity index (χ3n) is 9.46. The molecule has 1 aliphatic carbocycles. The lowest BCUT2D eigenvalue weighted by Crippen LogP contribution is -2.20. The van der Waals surface area contributed by atoms with Gasteiger partial charge in [0.1, 0.15) is 0 Å². The topological polar surface area (TPSA) is 3.24 Å². The monoisotopic (exact) mass is 589 g/mol. The molecule has 0 spiro atoms. The summed E-state index contributed by atoms with van der Waals surface area (Å²) >= 11 is 0. The first kappa shape index (κ1) is 27.9. The van der Waals surface area contributed by atoms with E-state index in [0.29, 0.717) is 0 Å². The SMILES string of the molecule is CC1(C)c2ccccc2-c2cccc(N(c3ccc(-c4ccccc4)cc3)c3ccc(-c4cccc(-c5ccccc5)c4)cc3)c21. The van der Waals surface area contributed by atoms with E-state index in [1.165, 1.54) is 61.3 Å².